The van der Waals surface area contributed by atoms with E-state index in [1.54, 1.807) is 6.08 Å². The van der Waals surface area contributed by atoms with Crippen molar-refractivity contribution < 1.29 is 5.11 Å². The van der Waals surface area contributed by atoms with Gasteiger partial charge in [-0.15, -0.1) is 0 Å². The third kappa shape index (κ3) is 6.59. The Labute approximate surface area is 159 Å². The fourth-order valence-electron chi connectivity index (χ4n) is 3.66. The van der Waals surface area contributed by atoms with Crippen molar-refractivity contribution >= 4 is 0 Å². The third-order valence-electron chi connectivity index (χ3n) is 5.55. The Morgan fingerprint density at radius 3 is 2.54 bits per heavy atom. The molecule has 1 atom stereocenters. The number of rotatable bonds is 9. The van der Waals surface area contributed by atoms with Crippen LogP contribution in [0.15, 0.2) is 66.3 Å². The van der Waals surface area contributed by atoms with Crippen LogP contribution in [0, 0.1) is 11.8 Å². The molecule has 2 heteroatoms. The number of benzene rings is 1. The molecule has 2 nitrogen and oxygen atoms in total. The number of hydrogen-bond acceptors (Lipinski definition) is 2. The van der Waals surface area contributed by atoms with Crippen LogP contribution in [0.1, 0.15) is 57.6 Å². The lowest BCUT2D eigenvalue weighted by atomic mass is 9.83. The van der Waals surface area contributed by atoms with Crippen molar-refractivity contribution in [3.05, 3.63) is 71.8 Å². The number of aliphatic hydroxyl groups is 1. The molecule has 2 N–H and O–H groups in total. The second kappa shape index (κ2) is 11.2. The van der Waals surface area contributed by atoms with Gasteiger partial charge in [0.05, 0.1) is 0 Å². The molecular weight excluding hydrogens is 318 g/mol. The lowest BCUT2D eigenvalue weighted by molar-refractivity contribution is 0.219. The SMILES string of the molecule is C=C/C(=C\C(=C/C)CCNCC1CCC(C)CC1)C(O)c1ccccc1. The molecule has 0 amide bonds. The van der Waals surface area contributed by atoms with Gasteiger partial charge < -0.3 is 10.4 Å². The van der Waals surface area contributed by atoms with E-state index in [0.29, 0.717) is 0 Å². The maximum absolute atomic E-state index is 10.6. The largest absolute Gasteiger partial charge is 0.384 e. The maximum atomic E-state index is 10.6. The van der Waals surface area contributed by atoms with Crippen molar-refractivity contribution in [3.63, 3.8) is 0 Å². The highest BCUT2D eigenvalue weighted by Gasteiger charge is 2.17. The van der Waals surface area contributed by atoms with Crippen molar-refractivity contribution in [2.24, 2.45) is 11.8 Å². The van der Waals surface area contributed by atoms with Crippen molar-refractivity contribution in [2.75, 3.05) is 13.1 Å². The van der Waals surface area contributed by atoms with Crippen molar-refractivity contribution in [3.8, 4) is 0 Å². The predicted octanol–water partition coefficient (Wildman–Crippen LogP) is 5.58. The molecule has 1 unspecified atom stereocenters. The average Bonchev–Trinajstić information content (AvgIpc) is 2.69. The summed E-state index contributed by atoms with van der Waals surface area (Å²) >= 11 is 0. The Morgan fingerprint density at radius 2 is 1.92 bits per heavy atom. The van der Waals surface area contributed by atoms with Gasteiger partial charge in [-0.05, 0) is 62.2 Å². The first-order valence-electron chi connectivity index (χ1n) is 10.1. The summed E-state index contributed by atoms with van der Waals surface area (Å²) in [6, 6.07) is 9.76. The minimum atomic E-state index is -0.624. The highest BCUT2D eigenvalue weighted by atomic mass is 16.3. The lowest BCUT2D eigenvalue weighted by Gasteiger charge is -2.26. The standard InChI is InChI=1S/C24H35NO/c1-4-20(15-16-25-18-21-13-11-19(3)12-14-21)17-22(5-2)24(26)23-9-7-6-8-10-23/h4-10,17,19,21,24-26H,2,11-16,18H2,1,3H3/b20-4-,22-17+. The van der Waals surface area contributed by atoms with Crippen LogP contribution in [0.2, 0.25) is 0 Å². The van der Waals surface area contributed by atoms with Crippen LogP contribution in [0.25, 0.3) is 0 Å². The molecule has 1 aliphatic carbocycles. The van der Waals surface area contributed by atoms with Crippen molar-refractivity contribution in [2.45, 2.75) is 52.1 Å². The molecule has 0 bridgehead atoms. The van der Waals surface area contributed by atoms with Gasteiger partial charge in [-0.1, -0.05) is 80.5 Å². The smallest absolute Gasteiger partial charge is 0.104 e. The second-order valence-electron chi connectivity index (χ2n) is 7.61. The number of allylic oxidation sites excluding steroid dienone is 2. The monoisotopic (exact) mass is 353 g/mol. The Balaban J connectivity index is 1.83. The molecule has 0 aromatic heterocycles. The summed E-state index contributed by atoms with van der Waals surface area (Å²) in [5.74, 6) is 1.76. The van der Waals surface area contributed by atoms with Gasteiger partial charge in [0.1, 0.15) is 6.10 Å². The molecule has 0 spiro atoms. The van der Waals surface area contributed by atoms with Crippen LogP contribution in [0.5, 0.6) is 0 Å². The van der Waals surface area contributed by atoms with E-state index in [1.807, 2.05) is 30.3 Å². The third-order valence-corrected chi connectivity index (χ3v) is 5.55. The summed E-state index contributed by atoms with van der Waals surface area (Å²) < 4.78 is 0. The first kappa shape index (κ1) is 20.7. The van der Waals surface area contributed by atoms with Gasteiger partial charge in [0.15, 0.2) is 0 Å². The summed E-state index contributed by atoms with van der Waals surface area (Å²) in [5, 5.41) is 14.2. The Kier molecular flexibility index (Phi) is 8.87. The van der Waals surface area contributed by atoms with E-state index in [4.69, 9.17) is 0 Å². The van der Waals surface area contributed by atoms with Crippen LogP contribution in [0.4, 0.5) is 0 Å². The summed E-state index contributed by atoms with van der Waals surface area (Å²) in [4.78, 5) is 0. The van der Waals surface area contributed by atoms with Gasteiger partial charge >= 0.3 is 0 Å². The van der Waals surface area contributed by atoms with Crippen LogP contribution >= 0.6 is 0 Å². The summed E-state index contributed by atoms with van der Waals surface area (Å²) in [6.07, 6.45) is 11.8. The first-order valence-corrected chi connectivity index (χ1v) is 10.1. The molecular formula is C24H35NO. The van der Waals surface area contributed by atoms with Crippen LogP contribution in [-0.4, -0.2) is 18.2 Å². The maximum Gasteiger partial charge on any atom is 0.104 e. The number of nitrogens with one attached hydrogen (secondary N) is 1. The van der Waals surface area contributed by atoms with Gasteiger partial charge in [0.25, 0.3) is 0 Å². The van der Waals surface area contributed by atoms with E-state index in [-0.39, 0.29) is 0 Å². The molecule has 26 heavy (non-hydrogen) atoms. The zero-order chi connectivity index (χ0) is 18.8. The number of hydrogen-bond donors (Lipinski definition) is 2. The molecule has 1 aromatic carbocycles. The van der Waals surface area contributed by atoms with E-state index >= 15 is 0 Å². The van der Waals surface area contributed by atoms with Gasteiger partial charge in [0.2, 0.25) is 0 Å². The molecule has 142 valence electrons. The van der Waals surface area contributed by atoms with Gasteiger partial charge in [-0.3, -0.25) is 0 Å². The molecule has 1 aliphatic rings. The fraction of sp³-hybridized carbons (Fsp3) is 0.500. The average molecular weight is 354 g/mol. The first-order chi connectivity index (χ1) is 12.6. The predicted molar refractivity (Wildman–Crippen MR) is 112 cm³/mol. The van der Waals surface area contributed by atoms with E-state index in [0.717, 1.165) is 42.5 Å². The number of aliphatic hydroxyl groups excluding tert-OH is 1. The van der Waals surface area contributed by atoms with Crippen LogP contribution < -0.4 is 5.32 Å². The van der Waals surface area contributed by atoms with E-state index < -0.39 is 6.10 Å². The molecule has 1 aromatic rings. The topological polar surface area (TPSA) is 32.3 Å². The van der Waals surface area contributed by atoms with Crippen molar-refractivity contribution in [1.29, 1.82) is 0 Å². The Morgan fingerprint density at radius 1 is 1.23 bits per heavy atom. The van der Waals surface area contributed by atoms with Gasteiger partial charge in [-0.2, -0.15) is 0 Å². The minimum absolute atomic E-state index is 0.624. The summed E-state index contributed by atoms with van der Waals surface area (Å²) in [6.45, 7) is 10.4. The highest BCUT2D eigenvalue weighted by Crippen LogP contribution is 2.28. The summed E-state index contributed by atoms with van der Waals surface area (Å²) in [5.41, 5.74) is 2.99. The molecule has 1 saturated carbocycles. The highest BCUT2D eigenvalue weighted by molar-refractivity contribution is 5.36. The molecule has 0 aliphatic heterocycles. The minimum Gasteiger partial charge on any atom is -0.384 e. The molecule has 0 saturated heterocycles. The zero-order valence-corrected chi connectivity index (χ0v) is 16.5. The fourth-order valence-corrected chi connectivity index (χ4v) is 3.66. The summed E-state index contributed by atoms with van der Waals surface area (Å²) in [7, 11) is 0. The normalized spacial score (nSPS) is 22.9. The van der Waals surface area contributed by atoms with Crippen molar-refractivity contribution in [1.82, 2.24) is 5.32 Å². The van der Waals surface area contributed by atoms with Crippen LogP contribution in [-0.2, 0) is 0 Å². The Hall–Kier alpha value is -1.64. The van der Waals surface area contributed by atoms with E-state index in [2.05, 4.69) is 37.9 Å². The second-order valence-corrected chi connectivity index (χ2v) is 7.61. The Bertz CT molecular complexity index is 594. The molecule has 1 fully saturated rings. The molecule has 0 heterocycles. The zero-order valence-electron chi connectivity index (χ0n) is 16.5. The molecule has 0 radical (unpaired) electrons. The molecule has 2 rings (SSSR count). The van der Waals surface area contributed by atoms with E-state index in [1.165, 1.54) is 31.3 Å². The van der Waals surface area contributed by atoms with E-state index in [9.17, 15) is 5.11 Å². The quantitative estimate of drug-likeness (QED) is 0.448. The lowest BCUT2D eigenvalue weighted by Crippen LogP contribution is -2.26. The van der Waals surface area contributed by atoms with Gasteiger partial charge in [-0.25, -0.2) is 0 Å². The van der Waals surface area contributed by atoms with Crippen LogP contribution in [0.3, 0.4) is 0 Å². The van der Waals surface area contributed by atoms with Gasteiger partial charge in [0, 0.05) is 0 Å².